The molecule has 6 rings (SSSR count). The number of fused-ring (bicyclic) bond motifs is 6. The van der Waals surface area contributed by atoms with Crippen molar-refractivity contribution in [2.24, 2.45) is 0 Å². The molecule has 2 N–H and O–H groups in total. The number of aryl methyl sites for hydroxylation is 5. The summed E-state index contributed by atoms with van der Waals surface area (Å²) in [4.78, 5) is 22.6. The van der Waals surface area contributed by atoms with Crippen LogP contribution in [0.5, 0.6) is 11.5 Å². The van der Waals surface area contributed by atoms with E-state index in [4.69, 9.17) is 14.6 Å². The Kier molecular flexibility index (Phi) is 8.04. The second-order valence-corrected chi connectivity index (χ2v) is 10.7. The zero-order valence-corrected chi connectivity index (χ0v) is 25.3. The summed E-state index contributed by atoms with van der Waals surface area (Å²) >= 11 is 0. The maximum Gasteiger partial charge on any atom is 0.341 e. The van der Waals surface area contributed by atoms with Crippen molar-refractivity contribution in [3.63, 3.8) is 0 Å². The molecule has 2 aromatic heterocycles. The Morgan fingerprint density at radius 2 is 1.26 bits per heavy atom. The lowest BCUT2D eigenvalue weighted by Crippen LogP contribution is -2.10. The van der Waals surface area contributed by atoms with Crippen LogP contribution in [0.25, 0.3) is 43.6 Å². The van der Waals surface area contributed by atoms with E-state index in [2.05, 4.69) is 54.2 Å². The Hall–Kier alpha value is -4.98. The Labute approximate surface area is 249 Å². The van der Waals surface area contributed by atoms with E-state index in [9.17, 15) is 14.7 Å². The Morgan fingerprint density at radius 3 is 1.79 bits per heavy atom. The molecule has 0 amide bonds. The highest BCUT2D eigenvalue weighted by atomic mass is 16.5. The van der Waals surface area contributed by atoms with E-state index in [0.29, 0.717) is 11.1 Å². The maximum absolute atomic E-state index is 11.8. The van der Waals surface area contributed by atoms with Gasteiger partial charge >= 0.3 is 11.9 Å². The molecule has 0 atom stereocenters. The molecule has 6 aromatic rings. The summed E-state index contributed by atoms with van der Waals surface area (Å²) in [6.07, 6.45) is 0. The number of aromatic nitrogens is 2. The van der Waals surface area contributed by atoms with Crippen LogP contribution in [0, 0.1) is 20.8 Å². The van der Waals surface area contributed by atoms with Crippen molar-refractivity contribution in [3.8, 4) is 11.5 Å². The van der Waals surface area contributed by atoms with Crippen molar-refractivity contribution in [2.75, 3.05) is 13.7 Å². The molecule has 0 aliphatic heterocycles. The molecule has 2 heterocycles. The summed E-state index contributed by atoms with van der Waals surface area (Å²) in [5.41, 5.74) is 7.63. The number of carbonyl (C=O) groups is 2. The SMILES string of the molecule is CCn1c2ccc(C)cc2c2c(O)c(C(=O)OC)ccc21.CCn1c2ccc(C)cc2c2c(OCC(=O)O)c(C)ccc21. The first-order chi connectivity index (χ1) is 20.6. The number of aliphatic carboxylic acids is 1. The van der Waals surface area contributed by atoms with Crippen LogP contribution in [0.4, 0.5) is 0 Å². The van der Waals surface area contributed by atoms with Gasteiger partial charge in [-0.15, -0.1) is 0 Å². The van der Waals surface area contributed by atoms with Gasteiger partial charge < -0.3 is 28.8 Å². The molecule has 43 heavy (non-hydrogen) atoms. The van der Waals surface area contributed by atoms with Crippen molar-refractivity contribution in [1.29, 1.82) is 0 Å². The highest BCUT2D eigenvalue weighted by molar-refractivity contribution is 6.14. The third kappa shape index (κ3) is 5.14. The minimum absolute atomic E-state index is 0.0119. The van der Waals surface area contributed by atoms with Gasteiger partial charge in [0.05, 0.1) is 23.5 Å². The summed E-state index contributed by atoms with van der Waals surface area (Å²) in [6, 6.07) is 20.0. The number of esters is 1. The number of phenolic OH excluding ortho intramolecular Hbond substituents is 1. The van der Waals surface area contributed by atoms with E-state index >= 15 is 0 Å². The molecule has 222 valence electrons. The van der Waals surface area contributed by atoms with Gasteiger partial charge in [0.25, 0.3) is 0 Å². The highest BCUT2D eigenvalue weighted by Gasteiger charge is 2.20. The van der Waals surface area contributed by atoms with Gasteiger partial charge in [0.2, 0.25) is 0 Å². The van der Waals surface area contributed by atoms with Crippen LogP contribution in [-0.2, 0) is 22.6 Å². The Balaban J connectivity index is 0.000000171. The molecule has 0 spiro atoms. The molecule has 0 saturated carbocycles. The molecule has 0 fully saturated rings. The van der Waals surface area contributed by atoms with Gasteiger partial charge in [-0.3, -0.25) is 0 Å². The average Bonchev–Trinajstić information content (AvgIpc) is 3.48. The highest BCUT2D eigenvalue weighted by Crippen LogP contribution is 2.39. The monoisotopic (exact) mass is 580 g/mol. The second-order valence-electron chi connectivity index (χ2n) is 10.7. The van der Waals surface area contributed by atoms with Crippen molar-refractivity contribution < 1.29 is 29.3 Å². The number of carboxylic acid groups (broad SMARTS) is 1. The molecule has 0 bridgehead atoms. The maximum atomic E-state index is 11.8. The van der Waals surface area contributed by atoms with Crippen LogP contribution >= 0.6 is 0 Å². The molecule has 0 saturated heterocycles. The summed E-state index contributed by atoms with van der Waals surface area (Å²) in [5, 5.41) is 23.2. The van der Waals surface area contributed by atoms with Crippen molar-refractivity contribution in [2.45, 2.75) is 47.7 Å². The summed E-state index contributed by atoms with van der Waals surface area (Å²) < 4.78 is 14.7. The van der Waals surface area contributed by atoms with Crippen LogP contribution in [0.3, 0.4) is 0 Å². The zero-order valence-electron chi connectivity index (χ0n) is 25.3. The molecule has 0 radical (unpaired) electrons. The summed E-state index contributed by atoms with van der Waals surface area (Å²) in [6.45, 7) is 11.5. The quantitative estimate of drug-likeness (QED) is 0.198. The molecular formula is C35H36N2O6. The number of ether oxygens (including phenoxy) is 2. The van der Waals surface area contributed by atoms with Crippen LogP contribution < -0.4 is 4.74 Å². The van der Waals surface area contributed by atoms with Gasteiger partial charge in [-0.05, 0) is 82.6 Å². The fourth-order valence-electron chi connectivity index (χ4n) is 5.94. The number of benzene rings is 4. The third-order valence-corrected chi connectivity index (χ3v) is 7.87. The average molecular weight is 581 g/mol. The summed E-state index contributed by atoms with van der Waals surface area (Å²) in [7, 11) is 1.31. The standard InChI is InChI=1S/C18H19NO3.C17H17NO3/c1-4-19-14-7-5-11(2)9-13(14)17-15(19)8-6-12(3)18(17)22-10-16(20)21;1-4-18-13-7-5-10(2)9-12(13)15-14(18)8-6-11(16(15)19)17(20)21-3/h5-9H,4,10H2,1-3H3,(H,20,21);5-9,19H,4H2,1-3H3. The lowest BCUT2D eigenvalue weighted by Gasteiger charge is -2.10. The van der Waals surface area contributed by atoms with E-state index in [1.165, 1.54) is 12.7 Å². The number of rotatable bonds is 6. The first kappa shape index (κ1) is 29.5. The number of aromatic hydroxyl groups is 1. The van der Waals surface area contributed by atoms with Crippen LogP contribution in [0.15, 0.2) is 60.7 Å². The number of hydrogen-bond acceptors (Lipinski definition) is 5. The zero-order chi connectivity index (χ0) is 31.0. The van der Waals surface area contributed by atoms with Gasteiger partial charge in [0.15, 0.2) is 6.61 Å². The number of carboxylic acids is 1. The topological polar surface area (TPSA) is 103 Å². The molecule has 0 aliphatic rings. The molecule has 4 aromatic carbocycles. The molecule has 0 aliphatic carbocycles. The first-order valence-corrected chi connectivity index (χ1v) is 14.3. The number of carbonyl (C=O) groups excluding carboxylic acids is 1. The van der Waals surface area contributed by atoms with Crippen LogP contribution in [0.2, 0.25) is 0 Å². The fraction of sp³-hybridized carbons (Fsp3) is 0.257. The minimum Gasteiger partial charge on any atom is -0.506 e. The van der Waals surface area contributed by atoms with Gasteiger partial charge in [0, 0.05) is 40.3 Å². The molecular weight excluding hydrogens is 544 g/mol. The van der Waals surface area contributed by atoms with E-state index in [1.807, 2.05) is 44.2 Å². The van der Waals surface area contributed by atoms with E-state index in [1.54, 1.807) is 6.07 Å². The molecule has 8 nitrogen and oxygen atoms in total. The molecule has 8 heteroatoms. The lowest BCUT2D eigenvalue weighted by molar-refractivity contribution is -0.139. The largest absolute Gasteiger partial charge is 0.506 e. The van der Waals surface area contributed by atoms with Gasteiger partial charge in [0.1, 0.15) is 17.1 Å². The van der Waals surface area contributed by atoms with Crippen LogP contribution in [0.1, 0.15) is 40.9 Å². The lowest BCUT2D eigenvalue weighted by atomic mass is 10.1. The number of phenols is 1. The van der Waals surface area contributed by atoms with E-state index in [0.717, 1.165) is 62.4 Å². The van der Waals surface area contributed by atoms with E-state index < -0.39 is 11.9 Å². The smallest absolute Gasteiger partial charge is 0.341 e. The fourth-order valence-corrected chi connectivity index (χ4v) is 5.94. The van der Waals surface area contributed by atoms with Crippen molar-refractivity contribution >= 4 is 55.6 Å². The summed E-state index contributed by atoms with van der Waals surface area (Å²) in [5.74, 6) is -0.837. The Bertz CT molecular complexity index is 2030. The second kappa shape index (κ2) is 11.7. The minimum atomic E-state index is -0.966. The number of methoxy groups -OCH3 is 1. The number of hydrogen-bond donors (Lipinski definition) is 2. The van der Waals surface area contributed by atoms with Gasteiger partial charge in [-0.25, -0.2) is 9.59 Å². The molecule has 0 unspecified atom stereocenters. The van der Waals surface area contributed by atoms with Gasteiger partial charge in [-0.2, -0.15) is 0 Å². The predicted molar refractivity (Wildman–Crippen MR) is 171 cm³/mol. The first-order valence-electron chi connectivity index (χ1n) is 14.3. The van der Waals surface area contributed by atoms with Gasteiger partial charge in [-0.1, -0.05) is 29.3 Å². The normalized spacial score (nSPS) is 11.2. The van der Waals surface area contributed by atoms with E-state index in [-0.39, 0.29) is 17.9 Å². The predicted octanol–water partition coefficient (Wildman–Crippen LogP) is 7.51. The van der Waals surface area contributed by atoms with Crippen molar-refractivity contribution in [3.05, 3.63) is 82.9 Å². The third-order valence-electron chi connectivity index (χ3n) is 7.87. The van der Waals surface area contributed by atoms with Crippen molar-refractivity contribution in [1.82, 2.24) is 9.13 Å². The van der Waals surface area contributed by atoms with Crippen LogP contribution in [-0.4, -0.2) is 45.0 Å². The number of nitrogens with zero attached hydrogens (tertiary/aromatic N) is 2. The Morgan fingerprint density at radius 1 is 0.744 bits per heavy atom.